The average Bonchev–Trinajstić information content (AvgIpc) is 2.41. The van der Waals surface area contributed by atoms with Gasteiger partial charge in [-0.15, -0.1) is 0 Å². The first-order valence-electron chi connectivity index (χ1n) is 6.88. The van der Waals surface area contributed by atoms with Crippen LogP contribution in [0.5, 0.6) is 5.75 Å². The average molecular weight is 266 g/mol. The van der Waals surface area contributed by atoms with Crippen molar-refractivity contribution in [3.8, 4) is 5.75 Å². The summed E-state index contributed by atoms with van der Waals surface area (Å²) < 4.78 is 18.7. The molecule has 0 saturated carbocycles. The van der Waals surface area contributed by atoms with E-state index in [0.717, 1.165) is 37.2 Å². The summed E-state index contributed by atoms with van der Waals surface area (Å²) in [7, 11) is 3.77. The highest BCUT2D eigenvalue weighted by Crippen LogP contribution is 2.27. The molecule has 0 aromatic heterocycles. The van der Waals surface area contributed by atoms with Crippen molar-refractivity contribution in [1.29, 1.82) is 0 Å². The molecular weight excluding hydrogens is 243 g/mol. The van der Waals surface area contributed by atoms with Crippen LogP contribution in [0.25, 0.3) is 0 Å². The molecule has 0 unspecified atom stereocenters. The van der Waals surface area contributed by atoms with Crippen LogP contribution in [-0.2, 0) is 0 Å². The lowest BCUT2D eigenvalue weighted by Crippen LogP contribution is -2.41. The third kappa shape index (κ3) is 3.67. The number of piperidine rings is 1. The van der Waals surface area contributed by atoms with Crippen LogP contribution in [0.1, 0.15) is 31.4 Å². The summed E-state index contributed by atoms with van der Waals surface area (Å²) in [6.45, 7) is 4.30. The molecule has 0 radical (unpaired) electrons. The summed E-state index contributed by atoms with van der Waals surface area (Å²) in [6.07, 6.45) is 2.27. The van der Waals surface area contributed by atoms with Gasteiger partial charge < -0.3 is 15.0 Å². The van der Waals surface area contributed by atoms with Crippen molar-refractivity contribution in [2.75, 3.05) is 27.2 Å². The quantitative estimate of drug-likeness (QED) is 0.906. The second-order valence-electron chi connectivity index (χ2n) is 5.35. The molecule has 1 fully saturated rings. The zero-order chi connectivity index (χ0) is 13.8. The summed E-state index contributed by atoms with van der Waals surface area (Å²) in [4.78, 5) is 2.34. The third-order valence-electron chi connectivity index (χ3n) is 3.86. The third-order valence-corrected chi connectivity index (χ3v) is 3.86. The lowest BCUT2D eigenvalue weighted by Gasteiger charge is -2.32. The van der Waals surface area contributed by atoms with Gasteiger partial charge in [0.25, 0.3) is 0 Å². The summed E-state index contributed by atoms with van der Waals surface area (Å²) in [5.41, 5.74) is 0.890. The summed E-state index contributed by atoms with van der Waals surface area (Å²) in [5.74, 6) is 0.530. The Morgan fingerprint density at radius 3 is 2.68 bits per heavy atom. The van der Waals surface area contributed by atoms with E-state index >= 15 is 0 Å². The molecule has 1 saturated heterocycles. The van der Waals surface area contributed by atoms with Gasteiger partial charge in [-0.25, -0.2) is 4.39 Å². The zero-order valence-corrected chi connectivity index (χ0v) is 11.9. The monoisotopic (exact) mass is 266 g/mol. The largest absolute Gasteiger partial charge is 0.496 e. The maximum atomic E-state index is 13.4. The minimum absolute atomic E-state index is 0.0963. The van der Waals surface area contributed by atoms with Gasteiger partial charge in [0.2, 0.25) is 0 Å². The Hall–Kier alpha value is -1.13. The molecule has 1 aromatic carbocycles. The molecule has 0 aliphatic carbocycles. The number of nitrogens with zero attached hydrogens (tertiary/aromatic N) is 1. The SMILES string of the molecule is COc1ccc(F)cc1[C@H](C)NC1CCN(C)CC1. The van der Waals surface area contributed by atoms with E-state index in [1.165, 1.54) is 6.07 Å². The number of rotatable bonds is 4. The highest BCUT2D eigenvalue weighted by atomic mass is 19.1. The number of hydrogen-bond acceptors (Lipinski definition) is 3. The van der Waals surface area contributed by atoms with Gasteiger partial charge in [0.05, 0.1) is 7.11 Å². The number of hydrogen-bond donors (Lipinski definition) is 1. The molecular formula is C15H23FN2O. The first-order valence-corrected chi connectivity index (χ1v) is 6.88. The molecule has 4 heteroatoms. The Balaban J connectivity index is 2.03. The van der Waals surface area contributed by atoms with Crippen LogP contribution in [0.15, 0.2) is 18.2 Å². The van der Waals surface area contributed by atoms with E-state index in [1.54, 1.807) is 19.2 Å². The zero-order valence-electron chi connectivity index (χ0n) is 11.9. The molecule has 1 atom stereocenters. The topological polar surface area (TPSA) is 24.5 Å². The van der Waals surface area contributed by atoms with Crippen LogP contribution >= 0.6 is 0 Å². The first kappa shape index (κ1) is 14.3. The van der Waals surface area contributed by atoms with Crippen molar-refractivity contribution in [3.63, 3.8) is 0 Å². The van der Waals surface area contributed by atoms with E-state index in [2.05, 4.69) is 24.2 Å². The maximum Gasteiger partial charge on any atom is 0.123 e. The fourth-order valence-electron chi connectivity index (χ4n) is 2.66. The van der Waals surface area contributed by atoms with E-state index in [4.69, 9.17) is 4.74 Å². The van der Waals surface area contributed by atoms with Crippen LogP contribution in [-0.4, -0.2) is 38.2 Å². The summed E-state index contributed by atoms with van der Waals surface area (Å²) >= 11 is 0. The van der Waals surface area contributed by atoms with E-state index in [9.17, 15) is 4.39 Å². The number of ether oxygens (including phenoxy) is 1. The minimum Gasteiger partial charge on any atom is -0.496 e. The predicted molar refractivity (Wildman–Crippen MR) is 75.0 cm³/mol. The smallest absolute Gasteiger partial charge is 0.123 e. The van der Waals surface area contributed by atoms with E-state index < -0.39 is 0 Å². The molecule has 2 rings (SSSR count). The minimum atomic E-state index is -0.215. The van der Waals surface area contributed by atoms with Crippen molar-refractivity contribution in [1.82, 2.24) is 10.2 Å². The van der Waals surface area contributed by atoms with Crippen molar-refractivity contribution in [2.24, 2.45) is 0 Å². The van der Waals surface area contributed by atoms with Gasteiger partial charge in [0, 0.05) is 17.6 Å². The number of benzene rings is 1. The van der Waals surface area contributed by atoms with Gasteiger partial charge >= 0.3 is 0 Å². The number of halogens is 1. The summed E-state index contributed by atoms with van der Waals surface area (Å²) in [6, 6.07) is 5.28. The van der Waals surface area contributed by atoms with E-state index in [-0.39, 0.29) is 11.9 Å². The Labute approximate surface area is 114 Å². The Kier molecular flexibility index (Phi) is 4.77. The second-order valence-corrected chi connectivity index (χ2v) is 5.35. The normalized spacial score (nSPS) is 19.4. The Morgan fingerprint density at radius 2 is 2.05 bits per heavy atom. The molecule has 1 aliphatic rings. The predicted octanol–water partition coefficient (Wildman–Crippen LogP) is 2.58. The number of likely N-dealkylation sites (tertiary alicyclic amines) is 1. The molecule has 0 amide bonds. The van der Waals surface area contributed by atoms with Crippen molar-refractivity contribution < 1.29 is 9.13 Å². The molecule has 1 heterocycles. The molecule has 0 bridgehead atoms. The lowest BCUT2D eigenvalue weighted by molar-refractivity contribution is 0.226. The van der Waals surface area contributed by atoms with Crippen molar-refractivity contribution in [2.45, 2.75) is 31.8 Å². The molecule has 0 spiro atoms. The molecule has 1 aliphatic heterocycles. The molecule has 3 nitrogen and oxygen atoms in total. The van der Waals surface area contributed by atoms with Crippen LogP contribution < -0.4 is 10.1 Å². The van der Waals surface area contributed by atoms with Gasteiger partial charge in [0.15, 0.2) is 0 Å². The molecule has 106 valence electrons. The van der Waals surface area contributed by atoms with Gasteiger partial charge in [-0.3, -0.25) is 0 Å². The van der Waals surface area contributed by atoms with Crippen LogP contribution in [0, 0.1) is 5.82 Å². The van der Waals surface area contributed by atoms with E-state index in [0.29, 0.717) is 6.04 Å². The lowest BCUT2D eigenvalue weighted by atomic mass is 10.0. The fourth-order valence-corrected chi connectivity index (χ4v) is 2.66. The van der Waals surface area contributed by atoms with Gasteiger partial charge in [-0.1, -0.05) is 0 Å². The van der Waals surface area contributed by atoms with Crippen LogP contribution in [0.2, 0.25) is 0 Å². The first-order chi connectivity index (χ1) is 9.10. The fraction of sp³-hybridized carbons (Fsp3) is 0.600. The standard InChI is InChI=1S/C15H23FN2O/c1-11(17-13-6-8-18(2)9-7-13)14-10-12(16)4-5-15(14)19-3/h4-5,10-11,13,17H,6-9H2,1-3H3/t11-/m0/s1. The Bertz CT molecular complexity index is 417. The van der Waals surface area contributed by atoms with E-state index in [1.807, 2.05) is 0 Å². The van der Waals surface area contributed by atoms with Gasteiger partial charge in [0.1, 0.15) is 11.6 Å². The molecule has 19 heavy (non-hydrogen) atoms. The number of methoxy groups -OCH3 is 1. The Morgan fingerprint density at radius 1 is 1.37 bits per heavy atom. The highest BCUT2D eigenvalue weighted by Gasteiger charge is 2.20. The van der Waals surface area contributed by atoms with Crippen LogP contribution in [0.4, 0.5) is 4.39 Å². The maximum absolute atomic E-state index is 13.4. The number of nitrogens with one attached hydrogen (secondary N) is 1. The van der Waals surface area contributed by atoms with Gasteiger partial charge in [-0.05, 0) is 58.1 Å². The second kappa shape index (κ2) is 6.35. The molecule has 1 aromatic rings. The highest BCUT2D eigenvalue weighted by molar-refractivity contribution is 5.36. The van der Waals surface area contributed by atoms with Crippen LogP contribution in [0.3, 0.4) is 0 Å². The van der Waals surface area contributed by atoms with Crippen molar-refractivity contribution in [3.05, 3.63) is 29.6 Å². The van der Waals surface area contributed by atoms with Gasteiger partial charge in [-0.2, -0.15) is 0 Å². The molecule has 1 N–H and O–H groups in total. The summed E-state index contributed by atoms with van der Waals surface area (Å²) in [5, 5.41) is 3.58. The van der Waals surface area contributed by atoms with Crippen molar-refractivity contribution >= 4 is 0 Å².